The molecule has 8 rings (SSSR count). The number of hydrogen-bond acceptors (Lipinski definition) is 8. The minimum atomic E-state index is -0.884. The van der Waals surface area contributed by atoms with Gasteiger partial charge in [-0.3, -0.25) is 14.5 Å². The molecule has 0 unspecified atom stereocenters. The van der Waals surface area contributed by atoms with Crippen LogP contribution in [0.15, 0.2) is 60.7 Å². The van der Waals surface area contributed by atoms with Crippen LogP contribution >= 0.6 is 0 Å². The van der Waals surface area contributed by atoms with Crippen LogP contribution in [0.2, 0.25) is 0 Å². The van der Waals surface area contributed by atoms with Gasteiger partial charge in [0.05, 0.1) is 12.5 Å². The van der Waals surface area contributed by atoms with E-state index in [1.165, 1.54) is 11.1 Å². The van der Waals surface area contributed by atoms with Crippen molar-refractivity contribution in [2.45, 2.75) is 89.3 Å². The van der Waals surface area contributed by atoms with Crippen molar-refractivity contribution in [3.63, 3.8) is 0 Å². The van der Waals surface area contributed by atoms with Crippen molar-refractivity contribution >= 4 is 11.9 Å². The number of ether oxygens (including phenoxy) is 3. The predicted octanol–water partition coefficient (Wildman–Crippen LogP) is 5.45. The van der Waals surface area contributed by atoms with E-state index < -0.39 is 29.9 Å². The van der Waals surface area contributed by atoms with E-state index >= 15 is 0 Å². The Morgan fingerprint density at radius 3 is 2.20 bits per heavy atom. The molecule has 242 valence electrons. The van der Waals surface area contributed by atoms with E-state index in [9.17, 15) is 9.59 Å². The Hall–Kier alpha value is -2.82. The number of benzene rings is 2. The maximum absolute atomic E-state index is 13.2. The molecule has 0 radical (unpaired) electrons. The molecule has 5 aliphatic heterocycles. The second-order valence-electron chi connectivity index (χ2n) is 13.9. The molecule has 1 spiro atoms. The third-order valence-electron chi connectivity index (χ3n) is 11.2. The van der Waals surface area contributed by atoms with Crippen LogP contribution in [0.4, 0.5) is 0 Å². The third-order valence-corrected chi connectivity index (χ3v) is 11.2. The van der Waals surface area contributed by atoms with E-state index in [4.69, 9.17) is 24.0 Å². The van der Waals surface area contributed by atoms with Crippen molar-refractivity contribution in [2.24, 2.45) is 23.7 Å². The zero-order valence-corrected chi connectivity index (χ0v) is 26.6. The summed E-state index contributed by atoms with van der Waals surface area (Å²) in [6.45, 7) is 8.97. The van der Waals surface area contributed by atoms with Crippen LogP contribution in [0.5, 0.6) is 0 Å². The second-order valence-corrected chi connectivity index (χ2v) is 13.9. The van der Waals surface area contributed by atoms with Gasteiger partial charge in [0, 0.05) is 50.9 Å². The number of nitrogens with zero attached hydrogens (tertiary/aromatic N) is 2. The standard InChI is InChI=1S/C36H46N2O7/c1-24-14-15-29-25(2)33(42-34-36(29)28(24)18-19-35(3,43-34)44-45-36)41-31(40)17-16-30(39)37-20-22-38(23-21-37)32(26-10-6-4-7-11-26)27-12-8-5-9-13-27/h4-13,24-25,28-29,32-34H,14-23H2,1-3H3/t24-,25-,28-,29-,33+,34-,35+,36-/m1/s1. The lowest BCUT2D eigenvalue weighted by molar-refractivity contribution is -0.576. The molecule has 0 N–H and O–H groups in total. The number of rotatable bonds is 7. The van der Waals surface area contributed by atoms with Gasteiger partial charge in [-0.15, -0.1) is 0 Å². The van der Waals surface area contributed by atoms with Gasteiger partial charge >= 0.3 is 5.97 Å². The topological polar surface area (TPSA) is 86.8 Å². The Bertz CT molecular complexity index is 1310. The largest absolute Gasteiger partial charge is 0.435 e. The summed E-state index contributed by atoms with van der Waals surface area (Å²) in [5.41, 5.74) is 1.78. The van der Waals surface area contributed by atoms with Gasteiger partial charge in [0.1, 0.15) is 0 Å². The first kappa shape index (κ1) is 30.8. The molecular formula is C36H46N2O7. The summed E-state index contributed by atoms with van der Waals surface area (Å²) in [6, 6.07) is 21.2. The van der Waals surface area contributed by atoms with E-state index in [1.54, 1.807) is 0 Å². The molecule has 5 heterocycles. The summed E-state index contributed by atoms with van der Waals surface area (Å²) < 4.78 is 18.7. The monoisotopic (exact) mass is 618 g/mol. The van der Waals surface area contributed by atoms with Crippen LogP contribution in [0.1, 0.15) is 76.5 Å². The zero-order chi connectivity index (χ0) is 31.2. The predicted molar refractivity (Wildman–Crippen MR) is 165 cm³/mol. The van der Waals surface area contributed by atoms with Gasteiger partial charge in [-0.1, -0.05) is 74.5 Å². The molecular weight excluding hydrogens is 572 g/mol. The molecule has 6 aliphatic rings. The van der Waals surface area contributed by atoms with Crippen molar-refractivity contribution in [1.82, 2.24) is 9.80 Å². The second kappa shape index (κ2) is 12.4. The number of hydrogen-bond donors (Lipinski definition) is 0. The number of amides is 1. The quantitative estimate of drug-likeness (QED) is 0.299. The van der Waals surface area contributed by atoms with E-state index in [-0.39, 0.29) is 42.5 Å². The first-order valence-electron chi connectivity index (χ1n) is 16.8. The summed E-state index contributed by atoms with van der Waals surface area (Å²) >= 11 is 0. The Balaban J connectivity index is 0.942. The molecule has 5 saturated heterocycles. The van der Waals surface area contributed by atoms with Crippen molar-refractivity contribution in [1.29, 1.82) is 0 Å². The first-order valence-corrected chi connectivity index (χ1v) is 16.8. The molecule has 2 bridgehead atoms. The number of carbonyl (C=O) groups is 2. The molecule has 6 fully saturated rings. The number of piperazine rings is 1. The molecule has 8 atom stereocenters. The summed E-state index contributed by atoms with van der Waals surface area (Å²) in [6.07, 6.45) is 2.38. The van der Waals surface area contributed by atoms with Gasteiger partial charge < -0.3 is 19.1 Å². The fourth-order valence-electron chi connectivity index (χ4n) is 8.68. The highest BCUT2D eigenvalue weighted by Gasteiger charge is 2.69. The summed E-state index contributed by atoms with van der Waals surface area (Å²) in [5, 5.41) is 0. The van der Waals surface area contributed by atoms with Crippen LogP contribution in [0, 0.1) is 23.7 Å². The molecule has 9 heteroatoms. The maximum atomic E-state index is 13.2. The lowest BCUT2D eigenvalue weighted by Gasteiger charge is -2.59. The summed E-state index contributed by atoms with van der Waals surface area (Å²) in [4.78, 5) is 42.7. The fraction of sp³-hybridized carbons (Fsp3) is 0.611. The molecule has 2 aromatic carbocycles. The SMILES string of the molecule is C[C@H]1[C@@H](OC(=O)CCC(=O)N2CCN(C(c3ccccc3)c3ccccc3)CC2)O[C@@H]2O[C@]3(C)CC[C@@H]4[C@H](C)CC[C@H]1[C@@]24OO3. The van der Waals surface area contributed by atoms with Crippen molar-refractivity contribution in [3.8, 4) is 0 Å². The molecule has 1 amide bonds. The van der Waals surface area contributed by atoms with Crippen LogP contribution < -0.4 is 0 Å². The minimum Gasteiger partial charge on any atom is -0.435 e. The summed E-state index contributed by atoms with van der Waals surface area (Å²) in [7, 11) is 0. The Morgan fingerprint density at radius 1 is 0.867 bits per heavy atom. The number of esters is 1. The molecule has 1 saturated carbocycles. The van der Waals surface area contributed by atoms with Crippen LogP contribution in [-0.2, 0) is 33.6 Å². The molecule has 1 aliphatic carbocycles. The highest BCUT2D eigenvalue weighted by Crippen LogP contribution is 2.60. The first-order chi connectivity index (χ1) is 21.8. The third kappa shape index (κ3) is 5.71. The lowest BCUT2D eigenvalue weighted by atomic mass is 9.58. The normalized spacial score (nSPS) is 36.3. The fourth-order valence-corrected chi connectivity index (χ4v) is 8.68. The Labute approximate surface area is 266 Å². The van der Waals surface area contributed by atoms with Gasteiger partial charge in [-0.05, 0) is 49.1 Å². The van der Waals surface area contributed by atoms with E-state index in [0.717, 1.165) is 38.8 Å². The molecule has 45 heavy (non-hydrogen) atoms. The van der Waals surface area contributed by atoms with Gasteiger partial charge in [-0.25, -0.2) is 9.78 Å². The van der Waals surface area contributed by atoms with Gasteiger partial charge in [0.25, 0.3) is 0 Å². The van der Waals surface area contributed by atoms with Crippen LogP contribution in [-0.4, -0.2) is 71.8 Å². The highest BCUT2D eigenvalue weighted by atomic mass is 17.3. The smallest absolute Gasteiger partial charge is 0.308 e. The van der Waals surface area contributed by atoms with Crippen LogP contribution in [0.3, 0.4) is 0 Å². The zero-order valence-electron chi connectivity index (χ0n) is 26.6. The molecule has 9 nitrogen and oxygen atoms in total. The average Bonchev–Trinajstić information content (AvgIpc) is 3.29. The molecule has 2 aromatic rings. The Morgan fingerprint density at radius 2 is 1.53 bits per heavy atom. The van der Waals surface area contributed by atoms with Crippen LogP contribution in [0.25, 0.3) is 0 Å². The molecule has 0 aromatic heterocycles. The number of fused-ring (bicyclic) bond motifs is 2. The lowest BCUT2D eigenvalue weighted by Crippen LogP contribution is -2.70. The summed E-state index contributed by atoms with van der Waals surface area (Å²) in [5.74, 6) is -0.643. The van der Waals surface area contributed by atoms with Gasteiger partial charge in [0.2, 0.25) is 18.0 Å². The van der Waals surface area contributed by atoms with Crippen molar-refractivity contribution < 1.29 is 33.6 Å². The Kier molecular flexibility index (Phi) is 8.50. The van der Waals surface area contributed by atoms with Crippen molar-refractivity contribution in [2.75, 3.05) is 26.2 Å². The average molecular weight is 619 g/mol. The van der Waals surface area contributed by atoms with Gasteiger partial charge in [0.15, 0.2) is 11.9 Å². The minimum absolute atomic E-state index is 0.0145. The maximum Gasteiger partial charge on any atom is 0.308 e. The highest BCUT2D eigenvalue weighted by molar-refractivity contribution is 5.81. The van der Waals surface area contributed by atoms with E-state index in [2.05, 4.69) is 67.3 Å². The van der Waals surface area contributed by atoms with Gasteiger partial charge in [-0.2, -0.15) is 0 Å². The van der Waals surface area contributed by atoms with Crippen molar-refractivity contribution in [3.05, 3.63) is 71.8 Å². The number of carbonyl (C=O) groups excluding carboxylic acids is 2. The van der Waals surface area contributed by atoms with E-state index in [0.29, 0.717) is 19.0 Å². The van der Waals surface area contributed by atoms with E-state index in [1.807, 2.05) is 24.0 Å².